The van der Waals surface area contributed by atoms with E-state index in [1.54, 1.807) is 7.05 Å². The third-order valence-electron chi connectivity index (χ3n) is 2.51. The van der Waals surface area contributed by atoms with Crippen molar-refractivity contribution in [1.29, 1.82) is 0 Å². The second kappa shape index (κ2) is 6.43. The third-order valence-corrected chi connectivity index (χ3v) is 2.51. The van der Waals surface area contributed by atoms with Crippen LogP contribution in [0.3, 0.4) is 0 Å². The van der Waals surface area contributed by atoms with Crippen LogP contribution in [0.2, 0.25) is 0 Å². The van der Waals surface area contributed by atoms with E-state index in [0.717, 1.165) is 18.9 Å². The molecule has 100 valence electrons. The maximum atomic E-state index is 4.22. The second-order valence-electron chi connectivity index (χ2n) is 5.61. The Bertz CT molecular complexity index is 402. The molecule has 0 aliphatic heterocycles. The number of aryl methyl sites for hydroxylation is 1. The molecule has 0 radical (unpaired) electrons. The van der Waals surface area contributed by atoms with Crippen molar-refractivity contribution < 1.29 is 0 Å². The predicted octanol–water partition coefficient (Wildman–Crippen LogP) is 2.50. The van der Waals surface area contributed by atoms with Crippen LogP contribution in [-0.4, -0.2) is 25.1 Å². The van der Waals surface area contributed by atoms with E-state index in [2.05, 4.69) is 67.6 Å². The van der Waals surface area contributed by atoms with E-state index in [1.807, 2.05) is 0 Å². The van der Waals surface area contributed by atoms with Crippen LogP contribution in [-0.2, 0) is 6.42 Å². The van der Waals surface area contributed by atoms with Crippen LogP contribution < -0.4 is 10.6 Å². The molecule has 0 aromatic heterocycles. The molecule has 0 aliphatic carbocycles. The lowest BCUT2D eigenvalue weighted by atomic mass is 10.1. The van der Waals surface area contributed by atoms with E-state index in [9.17, 15) is 0 Å². The summed E-state index contributed by atoms with van der Waals surface area (Å²) >= 11 is 0. The van der Waals surface area contributed by atoms with E-state index in [0.29, 0.717) is 0 Å². The fourth-order valence-corrected chi connectivity index (χ4v) is 1.73. The summed E-state index contributed by atoms with van der Waals surface area (Å²) < 4.78 is 0. The second-order valence-corrected chi connectivity index (χ2v) is 5.61. The van der Waals surface area contributed by atoms with Gasteiger partial charge >= 0.3 is 0 Å². The lowest BCUT2D eigenvalue weighted by Gasteiger charge is -2.23. The Balaban J connectivity index is 2.41. The number of nitrogens with one attached hydrogen (secondary N) is 2. The summed E-state index contributed by atoms with van der Waals surface area (Å²) in [6.45, 7) is 9.39. The summed E-state index contributed by atoms with van der Waals surface area (Å²) in [5.41, 5.74) is 2.70. The van der Waals surface area contributed by atoms with Gasteiger partial charge in [-0.3, -0.25) is 4.99 Å². The molecule has 0 saturated carbocycles. The number of hydrogen-bond acceptors (Lipinski definition) is 1. The first-order chi connectivity index (χ1) is 8.40. The summed E-state index contributed by atoms with van der Waals surface area (Å²) in [6, 6.07) is 8.61. The van der Waals surface area contributed by atoms with Crippen molar-refractivity contribution in [2.45, 2.75) is 39.7 Å². The molecule has 0 heterocycles. The Morgan fingerprint density at radius 3 is 2.56 bits per heavy atom. The molecule has 2 N–H and O–H groups in total. The van der Waals surface area contributed by atoms with Gasteiger partial charge in [-0.25, -0.2) is 0 Å². The lowest BCUT2D eigenvalue weighted by molar-refractivity contribution is 0.501. The summed E-state index contributed by atoms with van der Waals surface area (Å²) in [4.78, 5) is 4.22. The molecule has 18 heavy (non-hydrogen) atoms. The smallest absolute Gasteiger partial charge is 0.191 e. The molecular formula is C15H25N3. The Labute approximate surface area is 111 Å². The maximum Gasteiger partial charge on any atom is 0.191 e. The molecule has 0 aliphatic rings. The van der Waals surface area contributed by atoms with Crippen LogP contribution >= 0.6 is 0 Å². The predicted molar refractivity (Wildman–Crippen MR) is 79.1 cm³/mol. The van der Waals surface area contributed by atoms with Gasteiger partial charge < -0.3 is 10.6 Å². The summed E-state index contributed by atoms with van der Waals surface area (Å²) in [6.07, 6.45) is 1.01. The Hall–Kier alpha value is -1.51. The number of guanidine groups is 1. The number of nitrogens with zero attached hydrogens (tertiary/aromatic N) is 1. The molecule has 0 saturated heterocycles. The van der Waals surface area contributed by atoms with Crippen LogP contribution in [0.15, 0.2) is 29.3 Å². The molecule has 1 aromatic carbocycles. The van der Waals surface area contributed by atoms with E-state index in [-0.39, 0.29) is 5.54 Å². The zero-order chi connectivity index (χ0) is 13.6. The standard InChI is InChI=1S/C15H25N3/c1-12-7-6-8-13(11-12)9-10-17-14(16-5)18-15(2,3)4/h6-8,11H,9-10H2,1-5H3,(H2,16,17,18). The number of hydrogen-bond donors (Lipinski definition) is 2. The molecule has 0 spiro atoms. The van der Waals surface area contributed by atoms with Crippen LogP contribution in [0.1, 0.15) is 31.9 Å². The van der Waals surface area contributed by atoms with Crippen molar-refractivity contribution in [3.63, 3.8) is 0 Å². The molecule has 3 heteroatoms. The monoisotopic (exact) mass is 247 g/mol. The van der Waals surface area contributed by atoms with Crippen molar-refractivity contribution >= 4 is 5.96 Å². The molecule has 0 bridgehead atoms. The van der Waals surface area contributed by atoms with Gasteiger partial charge in [0, 0.05) is 19.1 Å². The quantitative estimate of drug-likeness (QED) is 0.636. The molecule has 0 atom stereocenters. The Morgan fingerprint density at radius 2 is 2.00 bits per heavy atom. The molecular weight excluding hydrogens is 222 g/mol. The average molecular weight is 247 g/mol. The highest BCUT2D eigenvalue weighted by Gasteiger charge is 2.11. The van der Waals surface area contributed by atoms with Gasteiger partial charge in [-0.15, -0.1) is 0 Å². The van der Waals surface area contributed by atoms with Gasteiger partial charge in [0.1, 0.15) is 0 Å². The summed E-state index contributed by atoms with van der Waals surface area (Å²) in [7, 11) is 1.80. The Morgan fingerprint density at radius 1 is 1.28 bits per heavy atom. The van der Waals surface area contributed by atoms with E-state index >= 15 is 0 Å². The molecule has 3 nitrogen and oxygen atoms in total. The van der Waals surface area contributed by atoms with Crippen molar-refractivity contribution in [3.05, 3.63) is 35.4 Å². The first-order valence-corrected chi connectivity index (χ1v) is 6.45. The van der Waals surface area contributed by atoms with Crippen LogP contribution in [0.25, 0.3) is 0 Å². The van der Waals surface area contributed by atoms with Crippen molar-refractivity contribution in [3.8, 4) is 0 Å². The lowest BCUT2D eigenvalue weighted by Crippen LogP contribution is -2.48. The average Bonchev–Trinajstić information content (AvgIpc) is 2.26. The Kier molecular flexibility index (Phi) is 5.20. The molecule has 0 fully saturated rings. The van der Waals surface area contributed by atoms with Gasteiger partial charge in [0.25, 0.3) is 0 Å². The van der Waals surface area contributed by atoms with E-state index < -0.39 is 0 Å². The van der Waals surface area contributed by atoms with Crippen LogP contribution in [0.4, 0.5) is 0 Å². The minimum absolute atomic E-state index is 0.0329. The van der Waals surface area contributed by atoms with E-state index in [1.165, 1.54) is 11.1 Å². The van der Waals surface area contributed by atoms with Crippen molar-refractivity contribution in [1.82, 2.24) is 10.6 Å². The van der Waals surface area contributed by atoms with Gasteiger partial charge in [0.2, 0.25) is 0 Å². The summed E-state index contributed by atoms with van der Waals surface area (Å²) in [5, 5.41) is 6.68. The van der Waals surface area contributed by atoms with Gasteiger partial charge in [0.15, 0.2) is 5.96 Å². The van der Waals surface area contributed by atoms with Crippen molar-refractivity contribution in [2.75, 3.05) is 13.6 Å². The van der Waals surface area contributed by atoms with Crippen molar-refractivity contribution in [2.24, 2.45) is 4.99 Å². The van der Waals surface area contributed by atoms with Gasteiger partial charge in [-0.2, -0.15) is 0 Å². The largest absolute Gasteiger partial charge is 0.356 e. The topological polar surface area (TPSA) is 36.4 Å². The first kappa shape index (κ1) is 14.6. The third kappa shape index (κ3) is 5.71. The summed E-state index contributed by atoms with van der Waals surface area (Å²) in [5.74, 6) is 0.857. The highest BCUT2D eigenvalue weighted by Crippen LogP contribution is 2.04. The zero-order valence-corrected chi connectivity index (χ0v) is 12.2. The first-order valence-electron chi connectivity index (χ1n) is 6.45. The number of aliphatic imine (C=N–C) groups is 1. The highest BCUT2D eigenvalue weighted by atomic mass is 15.2. The SMILES string of the molecule is CN=C(NCCc1cccc(C)c1)NC(C)(C)C. The molecule has 0 unspecified atom stereocenters. The molecule has 0 amide bonds. The minimum atomic E-state index is 0.0329. The highest BCUT2D eigenvalue weighted by molar-refractivity contribution is 5.80. The van der Waals surface area contributed by atoms with Gasteiger partial charge in [0.05, 0.1) is 0 Å². The number of rotatable bonds is 3. The van der Waals surface area contributed by atoms with Gasteiger partial charge in [-0.1, -0.05) is 29.8 Å². The fourth-order valence-electron chi connectivity index (χ4n) is 1.73. The zero-order valence-electron chi connectivity index (χ0n) is 12.2. The fraction of sp³-hybridized carbons (Fsp3) is 0.533. The van der Waals surface area contributed by atoms with Crippen LogP contribution in [0.5, 0.6) is 0 Å². The van der Waals surface area contributed by atoms with E-state index in [4.69, 9.17) is 0 Å². The minimum Gasteiger partial charge on any atom is -0.356 e. The normalized spacial score (nSPS) is 12.4. The molecule has 1 aromatic rings. The van der Waals surface area contributed by atoms with Gasteiger partial charge in [-0.05, 0) is 39.7 Å². The molecule has 1 rings (SSSR count). The van der Waals surface area contributed by atoms with Crippen LogP contribution in [0, 0.1) is 6.92 Å². The number of benzene rings is 1. The maximum absolute atomic E-state index is 4.22.